The van der Waals surface area contributed by atoms with E-state index in [9.17, 15) is 0 Å². The van der Waals surface area contributed by atoms with E-state index < -0.39 is 0 Å². The summed E-state index contributed by atoms with van der Waals surface area (Å²) in [6.07, 6.45) is 21.3. The van der Waals surface area contributed by atoms with Gasteiger partial charge in [0.1, 0.15) is 0 Å². The monoisotopic (exact) mass is 342 g/mol. The average Bonchev–Trinajstić information content (AvgIpc) is 2.66. The molecule has 0 spiro atoms. The van der Waals surface area contributed by atoms with Crippen LogP contribution in [0.15, 0.2) is 24.3 Å². The molecule has 1 aliphatic carbocycles. The summed E-state index contributed by atoms with van der Waals surface area (Å²) in [5.74, 6) is 1.86. The quantitative estimate of drug-likeness (QED) is 0.334. The van der Waals surface area contributed by atoms with Crippen LogP contribution in [0.1, 0.15) is 121 Å². The highest BCUT2D eigenvalue weighted by Gasteiger charge is 2.21. The van der Waals surface area contributed by atoms with Crippen molar-refractivity contribution in [1.82, 2.24) is 0 Å². The normalized spacial score (nSPS) is 20.7. The van der Waals surface area contributed by atoms with Gasteiger partial charge in [-0.3, -0.25) is 0 Å². The molecule has 0 aromatic heterocycles. The van der Waals surface area contributed by atoms with Crippen molar-refractivity contribution in [2.45, 2.75) is 116 Å². The van der Waals surface area contributed by atoms with Gasteiger partial charge in [0.25, 0.3) is 0 Å². The molecule has 1 aromatic rings. The smallest absolute Gasteiger partial charge is 0.0162 e. The maximum atomic E-state index is 2.42. The van der Waals surface area contributed by atoms with Crippen LogP contribution >= 0.6 is 0 Å². The van der Waals surface area contributed by atoms with Crippen LogP contribution < -0.4 is 0 Å². The lowest BCUT2D eigenvalue weighted by molar-refractivity contribution is 0.301. The van der Waals surface area contributed by atoms with Gasteiger partial charge < -0.3 is 0 Å². The molecular weight excluding hydrogens is 300 g/mol. The summed E-state index contributed by atoms with van der Waals surface area (Å²) in [6.45, 7) is 4.58. The van der Waals surface area contributed by atoms with Gasteiger partial charge in [-0.1, -0.05) is 95.9 Å². The number of benzene rings is 1. The minimum atomic E-state index is 0.838. The highest BCUT2D eigenvalue weighted by Crippen LogP contribution is 2.37. The first-order chi connectivity index (χ1) is 12.3. The first-order valence-corrected chi connectivity index (χ1v) is 11.4. The molecule has 0 heteroatoms. The zero-order valence-corrected chi connectivity index (χ0v) is 17.1. The van der Waals surface area contributed by atoms with Gasteiger partial charge in [0.15, 0.2) is 0 Å². The lowest BCUT2D eigenvalue weighted by Crippen LogP contribution is -2.13. The Bertz CT molecular complexity index is 422. The van der Waals surface area contributed by atoms with Crippen LogP contribution in [0.2, 0.25) is 0 Å². The molecule has 25 heavy (non-hydrogen) atoms. The SMILES string of the molecule is CCCCCCCCCC1CCC(c2ccc(CCCC)cc2)CC1. The Labute approximate surface area is 157 Å². The second-order valence-corrected chi connectivity index (χ2v) is 8.47. The fourth-order valence-corrected chi connectivity index (χ4v) is 4.51. The number of rotatable bonds is 12. The van der Waals surface area contributed by atoms with E-state index in [4.69, 9.17) is 0 Å². The van der Waals surface area contributed by atoms with E-state index >= 15 is 0 Å². The van der Waals surface area contributed by atoms with Gasteiger partial charge in [-0.15, -0.1) is 0 Å². The Morgan fingerprint density at radius 3 is 1.92 bits per heavy atom. The zero-order chi connectivity index (χ0) is 17.7. The van der Waals surface area contributed by atoms with E-state index in [-0.39, 0.29) is 0 Å². The van der Waals surface area contributed by atoms with Gasteiger partial charge in [-0.25, -0.2) is 0 Å². The third-order valence-electron chi connectivity index (χ3n) is 6.33. The topological polar surface area (TPSA) is 0 Å². The van der Waals surface area contributed by atoms with Crippen LogP contribution in [0.4, 0.5) is 0 Å². The van der Waals surface area contributed by atoms with E-state index in [0.717, 1.165) is 11.8 Å². The second-order valence-electron chi connectivity index (χ2n) is 8.47. The van der Waals surface area contributed by atoms with Gasteiger partial charge in [0.2, 0.25) is 0 Å². The summed E-state index contributed by atoms with van der Waals surface area (Å²) in [5, 5.41) is 0. The van der Waals surface area contributed by atoms with E-state index in [1.807, 2.05) is 0 Å². The first kappa shape index (κ1) is 20.5. The molecule has 0 N–H and O–H groups in total. The molecule has 1 aromatic carbocycles. The Morgan fingerprint density at radius 1 is 0.680 bits per heavy atom. The third-order valence-corrected chi connectivity index (χ3v) is 6.33. The molecule has 0 heterocycles. The van der Waals surface area contributed by atoms with Crippen molar-refractivity contribution >= 4 is 0 Å². The maximum absolute atomic E-state index is 2.42. The molecule has 2 rings (SSSR count). The average molecular weight is 343 g/mol. The standard InChI is InChI=1S/C25H42/c1-3-5-7-8-9-10-11-13-23-16-20-25(21-17-23)24-18-14-22(15-19-24)12-6-4-2/h14-15,18-19,23,25H,3-13,16-17,20-21H2,1-2H3. The van der Waals surface area contributed by atoms with Crippen LogP contribution in [0.5, 0.6) is 0 Å². The molecule has 0 aliphatic heterocycles. The Balaban J connectivity index is 1.59. The van der Waals surface area contributed by atoms with Crippen LogP contribution in [0.25, 0.3) is 0 Å². The van der Waals surface area contributed by atoms with Gasteiger partial charge in [-0.05, 0) is 61.5 Å². The summed E-state index contributed by atoms with van der Waals surface area (Å²) in [6, 6.07) is 9.61. The highest BCUT2D eigenvalue weighted by molar-refractivity contribution is 5.25. The number of unbranched alkanes of at least 4 members (excludes halogenated alkanes) is 7. The van der Waals surface area contributed by atoms with Crippen molar-refractivity contribution in [3.8, 4) is 0 Å². The van der Waals surface area contributed by atoms with Gasteiger partial charge in [0.05, 0.1) is 0 Å². The van der Waals surface area contributed by atoms with Gasteiger partial charge in [0, 0.05) is 0 Å². The fourth-order valence-electron chi connectivity index (χ4n) is 4.51. The third kappa shape index (κ3) is 7.97. The van der Waals surface area contributed by atoms with Gasteiger partial charge >= 0.3 is 0 Å². The highest BCUT2D eigenvalue weighted by atomic mass is 14.3. The van der Waals surface area contributed by atoms with E-state index in [1.54, 1.807) is 5.56 Å². The Morgan fingerprint density at radius 2 is 1.28 bits per heavy atom. The van der Waals surface area contributed by atoms with Gasteiger partial charge in [-0.2, -0.15) is 0 Å². The molecule has 0 saturated heterocycles. The molecule has 1 fully saturated rings. The predicted molar refractivity (Wildman–Crippen MR) is 112 cm³/mol. The van der Waals surface area contributed by atoms with Crippen LogP contribution in [0, 0.1) is 5.92 Å². The molecule has 0 atom stereocenters. The van der Waals surface area contributed by atoms with Crippen LogP contribution in [-0.4, -0.2) is 0 Å². The van der Waals surface area contributed by atoms with Crippen molar-refractivity contribution < 1.29 is 0 Å². The minimum absolute atomic E-state index is 0.838. The number of hydrogen-bond acceptors (Lipinski definition) is 0. The lowest BCUT2D eigenvalue weighted by atomic mass is 9.77. The summed E-state index contributed by atoms with van der Waals surface area (Å²) in [5.41, 5.74) is 3.13. The minimum Gasteiger partial charge on any atom is -0.0654 e. The largest absolute Gasteiger partial charge is 0.0654 e. The first-order valence-electron chi connectivity index (χ1n) is 11.4. The van der Waals surface area contributed by atoms with Crippen LogP contribution in [0.3, 0.4) is 0 Å². The van der Waals surface area contributed by atoms with E-state index in [1.165, 1.54) is 102 Å². The molecule has 1 aliphatic rings. The number of aryl methyl sites for hydroxylation is 1. The number of hydrogen-bond donors (Lipinski definition) is 0. The summed E-state index contributed by atoms with van der Waals surface area (Å²) in [7, 11) is 0. The maximum Gasteiger partial charge on any atom is -0.0162 e. The predicted octanol–water partition coefficient (Wildman–Crippen LogP) is 8.44. The Hall–Kier alpha value is -0.780. The molecule has 0 unspecified atom stereocenters. The van der Waals surface area contributed by atoms with Crippen molar-refractivity contribution in [3.05, 3.63) is 35.4 Å². The van der Waals surface area contributed by atoms with Crippen molar-refractivity contribution in [2.24, 2.45) is 5.92 Å². The lowest BCUT2D eigenvalue weighted by Gasteiger charge is -2.29. The molecule has 0 amide bonds. The molecule has 142 valence electrons. The zero-order valence-electron chi connectivity index (χ0n) is 17.1. The molecule has 0 radical (unpaired) electrons. The summed E-state index contributed by atoms with van der Waals surface area (Å²) >= 11 is 0. The van der Waals surface area contributed by atoms with Crippen molar-refractivity contribution in [1.29, 1.82) is 0 Å². The summed E-state index contributed by atoms with van der Waals surface area (Å²) < 4.78 is 0. The Kier molecular flexibility index (Phi) is 10.3. The second kappa shape index (κ2) is 12.6. The van der Waals surface area contributed by atoms with Crippen LogP contribution in [-0.2, 0) is 6.42 Å². The summed E-state index contributed by atoms with van der Waals surface area (Å²) in [4.78, 5) is 0. The molecule has 0 nitrogen and oxygen atoms in total. The molecular formula is C25H42. The van der Waals surface area contributed by atoms with Crippen molar-refractivity contribution in [2.75, 3.05) is 0 Å². The van der Waals surface area contributed by atoms with Crippen molar-refractivity contribution in [3.63, 3.8) is 0 Å². The fraction of sp³-hybridized carbons (Fsp3) is 0.760. The van der Waals surface area contributed by atoms with E-state index in [0.29, 0.717) is 0 Å². The molecule has 1 saturated carbocycles. The molecule has 0 bridgehead atoms. The van der Waals surface area contributed by atoms with E-state index in [2.05, 4.69) is 38.1 Å².